The predicted octanol–water partition coefficient (Wildman–Crippen LogP) is 10.8. The van der Waals surface area contributed by atoms with Crippen LogP contribution in [0.25, 0.3) is 0 Å². The maximum atomic E-state index is 13.0. The summed E-state index contributed by atoms with van der Waals surface area (Å²) in [4.78, 5) is 13.0. The van der Waals surface area contributed by atoms with Gasteiger partial charge in [-0.05, 0) is 57.8 Å². The second-order valence-electron chi connectivity index (χ2n) is 16.9. The van der Waals surface area contributed by atoms with Crippen molar-refractivity contribution in [2.45, 2.75) is 243 Å². The summed E-state index contributed by atoms with van der Waals surface area (Å²) < 4.78 is 11.3. The Hall–Kier alpha value is -2.11. The van der Waals surface area contributed by atoms with Crippen molar-refractivity contribution >= 4 is 5.91 Å². The fourth-order valence-electron chi connectivity index (χ4n) is 7.48. The second kappa shape index (κ2) is 40.9. The Balaban J connectivity index is 2.34. The van der Waals surface area contributed by atoms with Gasteiger partial charge < -0.3 is 40.3 Å². The molecule has 1 heterocycles. The molecule has 7 unspecified atom stereocenters. The topological polar surface area (TPSA) is 149 Å². The normalized spacial score (nSPS) is 21.1. The van der Waals surface area contributed by atoms with Crippen molar-refractivity contribution in [3.8, 4) is 0 Å². The molecule has 60 heavy (non-hydrogen) atoms. The molecule has 0 aromatic rings. The van der Waals surface area contributed by atoms with Crippen LogP contribution in [-0.2, 0) is 14.3 Å². The molecular formula is C51H91NO8. The first kappa shape index (κ1) is 55.9. The number of unbranched alkanes of at least 4 members (excludes halogenated alkanes) is 20. The minimum absolute atomic E-state index is 0.154. The lowest BCUT2D eigenvalue weighted by Gasteiger charge is -2.40. The molecule has 1 saturated heterocycles. The largest absolute Gasteiger partial charge is 0.394 e. The quantitative estimate of drug-likeness (QED) is 0.0264. The van der Waals surface area contributed by atoms with Crippen molar-refractivity contribution in [1.82, 2.24) is 5.32 Å². The van der Waals surface area contributed by atoms with E-state index >= 15 is 0 Å². The summed E-state index contributed by atoms with van der Waals surface area (Å²) in [5, 5.41) is 54.4. The lowest BCUT2D eigenvalue weighted by Crippen LogP contribution is -2.60. The Kier molecular flexibility index (Phi) is 38.1. The highest BCUT2D eigenvalue weighted by Gasteiger charge is 2.44. The number of aliphatic hydroxyl groups excluding tert-OH is 5. The van der Waals surface area contributed by atoms with Gasteiger partial charge >= 0.3 is 0 Å². The van der Waals surface area contributed by atoms with Gasteiger partial charge in [0.15, 0.2) is 6.29 Å². The molecule has 0 spiro atoms. The first-order chi connectivity index (χ1) is 29.3. The first-order valence-electron chi connectivity index (χ1n) is 24.5. The van der Waals surface area contributed by atoms with Crippen LogP contribution in [0.3, 0.4) is 0 Å². The molecule has 0 aliphatic carbocycles. The van der Waals surface area contributed by atoms with Crippen molar-refractivity contribution in [2.24, 2.45) is 0 Å². The van der Waals surface area contributed by atoms with E-state index in [9.17, 15) is 30.3 Å². The smallest absolute Gasteiger partial charge is 0.220 e. The van der Waals surface area contributed by atoms with Gasteiger partial charge in [0.2, 0.25) is 5.91 Å². The summed E-state index contributed by atoms with van der Waals surface area (Å²) in [6, 6.07) is -0.739. The lowest BCUT2D eigenvalue weighted by molar-refractivity contribution is -0.302. The molecule has 6 N–H and O–H groups in total. The number of amides is 1. The number of aliphatic hydroxyl groups is 5. The van der Waals surface area contributed by atoms with Crippen LogP contribution in [0.5, 0.6) is 0 Å². The molecule has 0 aromatic heterocycles. The molecule has 0 saturated carbocycles. The molecule has 1 fully saturated rings. The van der Waals surface area contributed by atoms with Gasteiger partial charge in [0.1, 0.15) is 24.4 Å². The van der Waals surface area contributed by atoms with Crippen molar-refractivity contribution in [3.05, 3.63) is 60.8 Å². The van der Waals surface area contributed by atoms with E-state index in [-0.39, 0.29) is 12.5 Å². The van der Waals surface area contributed by atoms with Crippen LogP contribution < -0.4 is 5.32 Å². The summed E-state index contributed by atoms with van der Waals surface area (Å²) in [6.45, 7) is 3.70. The molecule has 7 atom stereocenters. The molecule has 9 nitrogen and oxygen atoms in total. The fraction of sp³-hybridized carbons (Fsp3) is 0.784. The molecule has 348 valence electrons. The third-order valence-electron chi connectivity index (χ3n) is 11.4. The van der Waals surface area contributed by atoms with E-state index < -0.39 is 49.5 Å². The number of hydrogen-bond acceptors (Lipinski definition) is 8. The van der Waals surface area contributed by atoms with Crippen molar-refractivity contribution in [3.63, 3.8) is 0 Å². The first-order valence-corrected chi connectivity index (χ1v) is 24.5. The van der Waals surface area contributed by atoms with E-state index in [2.05, 4.69) is 79.9 Å². The monoisotopic (exact) mass is 846 g/mol. The Bertz CT molecular complexity index is 1120. The van der Waals surface area contributed by atoms with Gasteiger partial charge in [-0.1, -0.05) is 197 Å². The minimum Gasteiger partial charge on any atom is -0.394 e. The van der Waals surface area contributed by atoms with Crippen molar-refractivity contribution < 1.29 is 39.8 Å². The maximum Gasteiger partial charge on any atom is 0.220 e. The average molecular weight is 846 g/mol. The van der Waals surface area contributed by atoms with Gasteiger partial charge in [-0.3, -0.25) is 4.79 Å². The number of carbonyl (C=O) groups excluding carboxylic acids is 1. The zero-order chi connectivity index (χ0) is 43.7. The van der Waals surface area contributed by atoms with Crippen LogP contribution in [0.1, 0.15) is 200 Å². The number of hydrogen-bond donors (Lipinski definition) is 6. The summed E-state index contributed by atoms with van der Waals surface area (Å²) in [7, 11) is 0. The minimum atomic E-state index is -1.56. The Labute approximate surface area is 366 Å². The molecule has 9 heteroatoms. The third-order valence-corrected chi connectivity index (χ3v) is 11.4. The predicted molar refractivity (Wildman–Crippen MR) is 249 cm³/mol. The maximum absolute atomic E-state index is 13.0. The highest BCUT2D eigenvalue weighted by atomic mass is 16.7. The van der Waals surface area contributed by atoms with Gasteiger partial charge in [-0.25, -0.2) is 0 Å². The van der Waals surface area contributed by atoms with E-state index in [4.69, 9.17) is 9.47 Å². The van der Waals surface area contributed by atoms with Gasteiger partial charge in [0.05, 0.1) is 25.4 Å². The summed E-state index contributed by atoms with van der Waals surface area (Å²) in [5.41, 5.74) is 0. The van der Waals surface area contributed by atoms with Crippen molar-refractivity contribution in [2.75, 3.05) is 13.2 Å². The van der Waals surface area contributed by atoms with Crippen LogP contribution in [0.4, 0.5) is 0 Å². The van der Waals surface area contributed by atoms with Crippen LogP contribution in [-0.4, -0.2) is 87.5 Å². The van der Waals surface area contributed by atoms with Crippen molar-refractivity contribution in [1.29, 1.82) is 0 Å². The standard InChI is InChI=1S/C51H91NO8/c1-3-5-7-9-11-13-15-17-19-21-23-25-27-29-31-33-35-37-39-41-47(55)52-44(43-59-51-50(58)49(57)48(56)46(42-53)60-51)45(54)40-38-36-34-32-30-28-26-24-22-20-18-16-14-12-10-8-6-4-2/h5,7,11,13,17,19,23,25,29,31,44-46,48-51,53-54,56-58H,3-4,6,8-10,12,14-16,18,20-22,24,26-28,30,32-43H2,1-2H3,(H,52,55)/b7-5-,13-11-,19-17-,25-23-,31-29-. The van der Waals surface area contributed by atoms with E-state index in [1.54, 1.807) is 0 Å². The number of allylic oxidation sites excluding steroid dienone is 10. The summed E-state index contributed by atoms with van der Waals surface area (Å²) in [5.74, 6) is -0.177. The van der Waals surface area contributed by atoms with Crippen LogP contribution in [0.15, 0.2) is 60.8 Å². The molecule has 0 bridgehead atoms. The summed E-state index contributed by atoms with van der Waals surface area (Å²) in [6.07, 6.45) is 46.5. The van der Waals surface area contributed by atoms with E-state index in [1.165, 1.54) is 96.3 Å². The van der Waals surface area contributed by atoms with Crippen LogP contribution >= 0.6 is 0 Å². The van der Waals surface area contributed by atoms with Gasteiger partial charge in [0.25, 0.3) is 0 Å². The highest BCUT2D eigenvalue weighted by Crippen LogP contribution is 2.23. The molecule has 1 aliphatic heterocycles. The fourth-order valence-corrected chi connectivity index (χ4v) is 7.48. The number of nitrogens with one attached hydrogen (secondary N) is 1. The molecule has 1 amide bonds. The highest BCUT2D eigenvalue weighted by molar-refractivity contribution is 5.76. The lowest BCUT2D eigenvalue weighted by atomic mass is 9.99. The SMILES string of the molecule is CC/C=C\C/C=C\C/C=C\C/C=C\C/C=C\CCCCCC(=O)NC(COC1OC(CO)C(O)C(O)C1O)C(O)CCCCCCCCCCCCCCCCCCCC. The van der Waals surface area contributed by atoms with E-state index in [0.29, 0.717) is 12.8 Å². The summed E-state index contributed by atoms with van der Waals surface area (Å²) >= 11 is 0. The zero-order valence-corrected chi connectivity index (χ0v) is 38.2. The number of ether oxygens (including phenoxy) is 2. The van der Waals surface area contributed by atoms with Gasteiger partial charge in [0, 0.05) is 6.42 Å². The number of rotatable bonds is 40. The van der Waals surface area contributed by atoms with Crippen LogP contribution in [0.2, 0.25) is 0 Å². The second-order valence-corrected chi connectivity index (χ2v) is 16.9. The molecular weight excluding hydrogens is 755 g/mol. The Morgan fingerprint density at radius 3 is 1.52 bits per heavy atom. The van der Waals surface area contributed by atoms with E-state index in [1.807, 2.05) is 0 Å². The van der Waals surface area contributed by atoms with Gasteiger partial charge in [-0.15, -0.1) is 0 Å². The Morgan fingerprint density at radius 2 is 1.03 bits per heavy atom. The van der Waals surface area contributed by atoms with Crippen LogP contribution in [0, 0.1) is 0 Å². The van der Waals surface area contributed by atoms with E-state index in [0.717, 1.165) is 77.0 Å². The molecule has 0 radical (unpaired) electrons. The zero-order valence-electron chi connectivity index (χ0n) is 38.2. The third kappa shape index (κ3) is 30.8. The average Bonchev–Trinajstić information content (AvgIpc) is 3.25. The molecule has 0 aromatic carbocycles. The molecule has 1 rings (SSSR count). The molecule has 1 aliphatic rings. The Morgan fingerprint density at radius 1 is 0.583 bits per heavy atom. The number of carbonyl (C=O) groups is 1. The van der Waals surface area contributed by atoms with Gasteiger partial charge in [-0.2, -0.15) is 0 Å².